The van der Waals surface area contributed by atoms with Crippen LogP contribution in [0, 0.1) is 11.3 Å². The fourth-order valence-corrected chi connectivity index (χ4v) is 3.49. The summed E-state index contributed by atoms with van der Waals surface area (Å²) in [4.78, 5) is 0. The van der Waals surface area contributed by atoms with Crippen LogP contribution in [0.4, 0.5) is 0 Å². The molecule has 0 aliphatic heterocycles. The summed E-state index contributed by atoms with van der Waals surface area (Å²) >= 11 is 0. The molecule has 1 aliphatic rings. The van der Waals surface area contributed by atoms with Crippen molar-refractivity contribution in [1.29, 1.82) is 0 Å². The highest BCUT2D eigenvalue weighted by Gasteiger charge is 2.37. The molecule has 1 saturated carbocycles. The maximum Gasteiger partial charge on any atom is -0.00179 e. The van der Waals surface area contributed by atoms with Crippen molar-refractivity contribution in [3.05, 3.63) is 0 Å². The molecule has 0 unspecified atom stereocenters. The molecule has 15 heavy (non-hydrogen) atoms. The lowest BCUT2D eigenvalue weighted by molar-refractivity contribution is 0.0901. The minimum absolute atomic E-state index is 0.518. The van der Waals surface area contributed by atoms with Gasteiger partial charge in [-0.25, -0.2) is 0 Å². The van der Waals surface area contributed by atoms with Crippen LogP contribution in [0.15, 0.2) is 0 Å². The van der Waals surface area contributed by atoms with Gasteiger partial charge in [-0.2, -0.15) is 0 Å². The number of hydrogen-bond donors (Lipinski definition) is 1. The third-order valence-corrected chi connectivity index (χ3v) is 4.40. The van der Waals surface area contributed by atoms with Crippen LogP contribution < -0.4 is 5.73 Å². The van der Waals surface area contributed by atoms with E-state index in [1.165, 1.54) is 57.8 Å². The van der Waals surface area contributed by atoms with Crippen molar-refractivity contribution < 1.29 is 0 Å². The Labute approximate surface area is 95.8 Å². The van der Waals surface area contributed by atoms with Gasteiger partial charge in [0.2, 0.25) is 0 Å². The molecule has 0 saturated heterocycles. The van der Waals surface area contributed by atoms with E-state index >= 15 is 0 Å². The Morgan fingerprint density at radius 1 is 1.00 bits per heavy atom. The summed E-state index contributed by atoms with van der Waals surface area (Å²) in [5.41, 5.74) is 6.62. The zero-order valence-electron chi connectivity index (χ0n) is 10.7. The molecule has 1 rings (SSSR count). The average Bonchev–Trinajstić information content (AvgIpc) is 2.30. The van der Waals surface area contributed by atoms with Crippen molar-refractivity contribution in [3.8, 4) is 0 Å². The maximum absolute atomic E-state index is 6.10. The summed E-state index contributed by atoms with van der Waals surface area (Å²) in [5.74, 6) is 0.901. The molecule has 1 aliphatic carbocycles. The van der Waals surface area contributed by atoms with E-state index in [9.17, 15) is 0 Å². The van der Waals surface area contributed by atoms with E-state index in [1.54, 1.807) is 0 Å². The van der Waals surface area contributed by atoms with Gasteiger partial charge in [0.25, 0.3) is 0 Å². The van der Waals surface area contributed by atoms with Gasteiger partial charge in [-0.1, -0.05) is 58.8 Å². The van der Waals surface area contributed by atoms with E-state index in [4.69, 9.17) is 5.73 Å². The largest absolute Gasteiger partial charge is 0.330 e. The van der Waals surface area contributed by atoms with Crippen LogP contribution in [0.5, 0.6) is 0 Å². The molecule has 0 amide bonds. The van der Waals surface area contributed by atoms with Crippen molar-refractivity contribution >= 4 is 0 Å². The predicted octanol–water partition coefficient (Wildman–Crippen LogP) is 4.11. The summed E-state index contributed by atoms with van der Waals surface area (Å²) < 4.78 is 0. The van der Waals surface area contributed by atoms with Gasteiger partial charge in [-0.15, -0.1) is 0 Å². The summed E-state index contributed by atoms with van der Waals surface area (Å²) in [6.07, 6.45) is 12.5. The third kappa shape index (κ3) is 3.21. The van der Waals surface area contributed by atoms with Gasteiger partial charge in [0.1, 0.15) is 0 Å². The van der Waals surface area contributed by atoms with Gasteiger partial charge in [0.05, 0.1) is 0 Å². The molecule has 0 aromatic rings. The Kier molecular flexibility index (Phi) is 5.66. The average molecular weight is 211 g/mol. The highest BCUT2D eigenvalue weighted by atomic mass is 14.6. The molecule has 0 bridgehead atoms. The van der Waals surface area contributed by atoms with Crippen molar-refractivity contribution in [2.24, 2.45) is 17.1 Å². The van der Waals surface area contributed by atoms with Crippen LogP contribution in [-0.4, -0.2) is 6.54 Å². The third-order valence-electron chi connectivity index (χ3n) is 4.40. The van der Waals surface area contributed by atoms with Gasteiger partial charge in [0, 0.05) is 0 Å². The molecule has 0 heterocycles. The van der Waals surface area contributed by atoms with Crippen LogP contribution in [0.1, 0.15) is 71.6 Å². The summed E-state index contributed by atoms with van der Waals surface area (Å²) in [5, 5.41) is 0. The van der Waals surface area contributed by atoms with Gasteiger partial charge < -0.3 is 5.73 Å². The number of rotatable bonds is 6. The van der Waals surface area contributed by atoms with Crippen molar-refractivity contribution in [1.82, 2.24) is 0 Å². The lowest BCUT2D eigenvalue weighted by atomic mass is 9.63. The zero-order valence-corrected chi connectivity index (χ0v) is 10.7. The Bertz CT molecular complexity index is 153. The summed E-state index contributed by atoms with van der Waals surface area (Å²) in [6, 6.07) is 0. The Morgan fingerprint density at radius 2 is 1.53 bits per heavy atom. The van der Waals surface area contributed by atoms with Crippen LogP contribution in [0.25, 0.3) is 0 Å². The number of nitrogens with two attached hydrogens (primary N) is 1. The van der Waals surface area contributed by atoms with Gasteiger partial charge in [-0.3, -0.25) is 0 Å². The molecule has 0 radical (unpaired) electrons. The lowest BCUT2D eigenvalue weighted by Crippen LogP contribution is -2.39. The van der Waals surface area contributed by atoms with Crippen LogP contribution in [0.2, 0.25) is 0 Å². The molecular formula is C14H29N. The van der Waals surface area contributed by atoms with E-state index in [2.05, 4.69) is 13.8 Å². The summed E-state index contributed by atoms with van der Waals surface area (Å²) in [7, 11) is 0. The minimum atomic E-state index is 0.518. The first-order valence-corrected chi connectivity index (χ1v) is 6.99. The molecule has 2 N–H and O–H groups in total. The monoisotopic (exact) mass is 211 g/mol. The Balaban J connectivity index is 2.65. The minimum Gasteiger partial charge on any atom is -0.330 e. The second-order valence-corrected chi connectivity index (χ2v) is 5.40. The molecule has 0 spiro atoms. The van der Waals surface area contributed by atoms with E-state index in [-0.39, 0.29) is 0 Å². The highest BCUT2D eigenvalue weighted by molar-refractivity contribution is 4.89. The van der Waals surface area contributed by atoms with Crippen LogP contribution in [0.3, 0.4) is 0 Å². The van der Waals surface area contributed by atoms with Crippen molar-refractivity contribution in [2.45, 2.75) is 71.6 Å². The first kappa shape index (κ1) is 13.0. The lowest BCUT2D eigenvalue weighted by Gasteiger charge is -2.43. The van der Waals surface area contributed by atoms with Crippen molar-refractivity contribution in [3.63, 3.8) is 0 Å². The van der Waals surface area contributed by atoms with E-state index in [0.717, 1.165) is 12.5 Å². The maximum atomic E-state index is 6.10. The molecule has 90 valence electrons. The normalized spacial score (nSPS) is 20.8. The van der Waals surface area contributed by atoms with E-state index in [1.807, 2.05) is 0 Å². The van der Waals surface area contributed by atoms with Crippen molar-refractivity contribution in [2.75, 3.05) is 6.54 Å². The molecule has 0 atom stereocenters. The number of hydrogen-bond acceptors (Lipinski definition) is 1. The van der Waals surface area contributed by atoms with Crippen LogP contribution in [-0.2, 0) is 0 Å². The second-order valence-electron chi connectivity index (χ2n) is 5.40. The topological polar surface area (TPSA) is 26.0 Å². The molecule has 1 fully saturated rings. The van der Waals surface area contributed by atoms with Gasteiger partial charge in [0.15, 0.2) is 0 Å². The fourth-order valence-electron chi connectivity index (χ4n) is 3.49. The standard InChI is InChI=1S/C14H29N/c1-3-8-13(9-4-2)14(12-15)10-6-5-7-11-14/h13H,3-12,15H2,1-2H3. The second kappa shape index (κ2) is 6.52. The quantitative estimate of drug-likeness (QED) is 0.703. The smallest absolute Gasteiger partial charge is 0.00179 e. The molecule has 1 nitrogen and oxygen atoms in total. The van der Waals surface area contributed by atoms with Crippen LogP contribution >= 0.6 is 0 Å². The van der Waals surface area contributed by atoms with Gasteiger partial charge >= 0.3 is 0 Å². The van der Waals surface area contributed by atoms with Gasteiger partial charge in [-0.05, 0) is 30.7 Å². The SMILES string of the molecule is CCCC(CCC)C1(CN)CCCCC1. The first-order valence-electron chi connectivity index (χ1n) is 6.99. The molecule has 0 aromatic carbocycles. The first-order chi connectivity index (χ1) is 7.29. The zero-order chi connectivity index (χ0) is 11.1. The molecule has 0 aromatic heterocycles. The Morgan fingerprint density at radius 3 is 1.93 bits per heavy atom. The molecule has 1 heteroatoms. The van der Waals surface area contributed by atoms with E-state index < -0.39 is 0 Å². The van der Waals surface area contributed by atoms with E-state index in [0.29, 0.717) is 5.41 Å². The predicted molar refractivity (Wildman–Crippen MR) is 67.9 cm³/mol. The fraction of sp³-hybridized carbons (Fsp3) is 1.00. The summed E-state index contributed by atoms with van der Waals surface area (Å²) in [6.45, 7) is 5.56. The molecular weight excluding hydrogens is 182 g/mol. The Hall–Kier alpha value is -0.0400. The highest BCUT2D eigenvalue weighted by Crippen LogP contribution is 2.45.